The van der Waals surface area contributed by atoms with Gasteiger partial charge in [0, 0.05) is 12.8 Å². The maximum absolute atomic E-state index is 12.9. The van der Waals surface area contributed by atoms with Crippen LogP contribution in [0.4, 0.5) is 0 Å². The van der Waals surface area contributed by atoms with E-state index in [9.17, 15) is 19.5 Å². The van der Waals surface area contributed by atoms with Crippen LogP contribution in [0.5, 0.6) is 0 Å². The first-order valence-corrected chi connectivity index (χ1v) is 36.2. The fourth-order valence-corrected chi connectivity index (χ4v) is 10.8. The van der Waals surface area contributed by atoms with Gasteiger partial charge in [-0.3, -0.25) is 9.59 Å². The first kappa shape index (κ1) is 80.5. The maximum Gasteiger partial charge on any atom is 0.361 e. The zero-order valence-corrected chi connectivity index (χ0v) is 55.9. The van der Waals surface area contributed by atoms with Crippen molar-refractivity contribution in [3.8, 4) is 0 Å². The molecule has 0 radical (unpaired) electrons. The second-order valence-corrected chi connectivity index (χ2v) is 25.9. The number of carboxylic acid groups (broad SMARTS) is 1. The number of rotatable bonds is 68. The molecule has 9 nitrogen and oxygen atoms in total. The number of likely N-dealkylation sites (N-methyl/N-ethyl adjacent to an activating group) is 1. The van der Waals surface area contributed by atoms with Gasteiger partial charge in [-0.25, -0.2) is 4.79 Å². The van der Waals surface area contributed by atoms with Crippen LogP contribution in [-0.4, -0.2) is 87.4 Å². The number of unbranched alkanes of at least 4 members (excludes halogenated alkanes) is 47. The van der Waals surface area contributed by atoms with Crippen molar-refractivity contribution < 1.29 is 42.9 Å². The Kier molecular flexibility index (Phi) is 63.5. The van der Waals surface area contributed by atoms with Gasteiger partial charge < -0.3 is 28.5 Å². The third-order valence-electron chi connectivity index (χ3n) is 16.4. The number of allylic oxidation sites excluding steroid dienone is 6. The van der Waals surface area contributed by atoms with E-state index in [1.165, 1.54) is 289 Å². The van der Waals surface area contributed by atoms with Crippen molar-refractivity contribution in [1.29, 1.82) is 0 Å². The van der Waals surface area contributed by atoms with Crippen LogP contribution in [0, 0.1) is 0 Å². The van der Waals surface area contributed by atoms with E-state index in [2.05, 4.69) is 50.3 Å². The average molecular weight is 1170 g/mol. The molecule has 0 amide bonds. The van der Waals surface area contributed by atoms with Gasteiger partial charge in [-0.2, -0.15) is 0 Å². The third kappa shape index (κ3) is 66.9. The second-order valence-electron chi connectivity index (χ2n) is 25.9. The molecule has 0 heterocycles. The van der Waals surface area contributed by atoms with Crippen LogP contribution in [0.1, 0.15) is 361 Å². The molecule has 0 aromatic heterocycles. The monoisotopic (exact) mass is 1170 g/mol. The maximum atomic E-state index is 12.9. The number of carboxylic acids is 1. The van der Waals surface area contributed by atoms with Crippen molar-refractivity contribution >= 4 is 17.9 Å². The molecule has 0 fully saturated rings. The zero-order chi connectivity index (χ0) is 60.5. The first-order valence-electron chi connectivity index (χ1n) is 36.2. The summed E-state index contributed by atoms with van der Waals surface area (Å²) >= 11 is 0. The van der Waals surface area contributed by atoms with Gasteiger partial charge in [-0.1, -0.05) is 314 Å². The van der Waals surface area contributed by atoms with Crippen molar-refractivity contribution in [1.82, 2.24) is 0 Å². The van der Waals surface area contributed by atoms with Gasteiger partial charge in [-0.15, -0.1) is 0 Å². The molecule has 9 heteroatoms. The fraction of sp³-hybridized carbons (Fsp3) is 0.878. The Labute approximate surface area is 515 Å². The van der Waals surface area contributed by atoms with E-state index >= 15 is 0 Å². The van der Waals surface area contributed by atoms with Gasteiger partial charge in [0.05, 0.1) is 34.4 Å². The highest BCUT2D eigenvalue weighted by Crippen LogP contribution is 2.19. The number of ether oxygens (including phenoxy) is 4. The van der Waals surface area contributed by atoms with E-state index in [0.717, 1.165) is 44.9 Å². The minimum Gasteiger partial charge on any atom is -0.477 e. The van der Waals surface area contributed by atoms with Crippen LogP contribution in [0.2, 0.25) is 0 Å². The SMILES string of the molecule is CCCCCCC/C=C\C/C=C\CCCCCCCCCCCCCCCC(=O)OC(COC(=O)CCCCCCCCCCCCCCCCCCCCCCC/C=C\CCCCCCCCCC)COC(OCC[N+](C)(C)C)C(=O)O. The number of nitrogens with zero attached hydrogens (tertiary/aromatic N) is 1. The highest BCUT2D eigenvalue weighted by Gasteiger charge is 2.25. The number of esters is 2. The third-order valence-corrected chi connectivity index (χ3v) is 16.4. The summed E-state index contributed by atoms with van der Waals surface area (Å²) in [6.07, 6.45) is 79.8. The van der Waals surface area contributed by atoms with Crippen LogP contribution in [0.25, 0.3) is 0 Å². The molecule has 0 saturated heterocycles. The average Bonchev–Trinajstić information content (AvgIpc) is 3.46. The van der Waals surface area contributed by atoms with E-state index in [1.54, 1.807) is 0 Å². The normalized spacial score (nSPS) is 12.8. The molecule has 83 heavy (non-hydrogen) atoms. The molecule has 0 aromatic rings. The first-order chi connectivity index (χ1) is 40.6. The largest absolute Gasteiger partial charge is 0.477 e. The lowest BCUT2D eigenvalue weighted by atomic mass is 10.0. The molecule has 0 aliphatic rings. The summed E-state index contributed by atoms with van der Waals surface area (Å²) in [5.41, 5.74) is 0. The summed E-state index contributed by atoms with van der Waals surface area (Å²) in [6.45, 7) is 4.93. The summed E-state index contributed by atoms with van der Waals surface area (Å²) < 4.78 is 23.0. The van der Waals surface area contributed by atoms with Crippen LogP contribution in [0.15, 0.2) is 36.5 Å². The molecule has 1 N–H and O–H groups in total. The summed E-state index contributed by atoms with van der Waals surface area (Å²) in [6, 6.07) is 0. The number of quaternary nitrogens is 1. The molecule has 0 bridgehead atoms. The Bertz CT molecular complexity index is 1450. The van der Waals surface area contributed by atoms with Crippen molar-refractivity contribution in [2.75, 3.05) is 47.5 Å². The van der Waals surface area contributed by atoms with E-state index < -0.39 is 18.4 Å². The van der Waals surface area contributed by atoms with Crippen molar-refractivity contribution in [2.45, 2.75) is 373 Å². The molecule has 0 saturated carbocycles. The predicted octanol–water partition coefficient (Wildman–Crippen LogP) is 22.4. The zero-order valence-electron chi connectivity index (χ0n) is 55.9. The Balaban J connectivity index is 4.03. The Morgan fingerprint density at radius 3 is 0.964 bits per heavy atom. The second kappa shape index (κ2) is 65.5. The fourth-order valence-electron chi connectivity index (χ4n) is 10.8. The quantitative estimate of drug-likeness (QED) is 0.0211. The molecule has 0 aliphatic carbocycles. The van der Waals surface area contributed by atoms with E-state index in [1.807, 2.05) is 21.1 Å². The van der Waals surface area contributed by atoms with Crippen LogP contribution < -0.4 is 0 Å². The lowest BCUT2D eigenvalue weighted by Crippen LogP contribution is -2.40. The number of aliphatic carboxylic acids is 1. The topological polar surface area (TPSA) is 108 Å². The van der Waals surface area contributed by atoms with Crippen LogP contribution in [0.3, 0.4) is 0 Å². The van der Waals surface area contributed by atoms with Crippen LogP contribution in [-0.2, 0) is 33.3 Å². The minimum absolute atomic E-state index is 0.177. The van der Waals surface area contributed by atoms with Gasteiger partial charge >= 0.3 is 17.9 Å². The highest BCUT2D eigenvalue weighted by atomic mass is 16.7. The molecular weight excluding hydrogens is 1030 g/mol. The Morgan fingerprint density at radius 1 is 0.361 bits per heavy atom. The van der Waals surface area contributed by atoms with Crippen molar-refractivity contribution in [2.24, 2.45) is 0 Å². The van der Waals surface area contributed by atoms with Crippen molar-refractivity contribution in [3.63, 3.8) is 0 Å². The number of carbonyl (C=O) groups excluding carboxylic acids is 2. The molecule has 0 aliphatic heterocycles. The molecular formula is C74H140NO8+. The van der Waals surface area contributed by atoms with Gasteiger partial charge in [0.15, 0.2) is 6.10 Å². The minimum atomic E-state index is -1.51. The number of carbonyl (C=O) groups is 3. The van der Waals surface area contributed by atoms with Gasteiger partial charge in [0.25, 0.3) is 6.29 Å². The Hall–Kier alpha value is -2.49. The summed E-state index contributed by atoms with van der Waals surface area (Å²) in [5.74, 6) is -1.98. The number of hydrogen-bond acceptors (Lipinski definition) is 7. The summed E-state index contributed by atoms with van der Waals surface area (Å²) in [4.78, 5) is 37.6. The summed E-state index contributed by atoms with van der Waals surface area (Å²) in [7, 11) is 5.99. The van der Waals surface area contributed by atoms with E-state index in [-0.39, 0.29) is 38.2 Å². The van der Waals surface area contributed by atoms with Gasteiger partial charge in [0.2, 0.25) is 0 Å². The van der Waals surface area contributed by atoms with E-state index in [4.69, 9.17) is 18.9 Å². The standard InChI is InChI=1S/C74H139NO8/c1-6-8-10-12-14-16-18-20-22-24-26-28-30-32-33-34-35-36-37-38-39-41-42-44-46-48-50-52-54-56-58-60-62-64-71(76)81-68-70(69-82-74(73(78)79)80-67-66-75(3,4)5)83-72(77)65-63-61-59-57-55-53-51-49-47-45-43-40-31-29-27-25-23-21-19-17-15-13-11-9-7-2/h19,21,24-27,70,74H,6-18,20,22-23,28-69H2,1-5H3/p+1/b21-19-,26-24-,27-25-. The molecule has 2 unspecified atom stereocenters. The molecule has 0 spiro atoms. The smallest absolute Gasteiger partial charge is 0.361 e. The molecule has 488 valence electrons. The lowest BCUT2D eigenvalue weighted by molar-refractivity contribution is -0.870. The van der Waals surface area contributed by atoms with Gasteiger partial charge in [-0.05, 0) is 70.6 Å². The molecule has 0 rings (SSSR count). The molecule has 2 atom stereocenters. The number of hydrogen-bond donors (Lipinski definition) is 1. The van der Waals surface area contributed by atoms with Gasteiger partial charge in [0.1, 0.15) is 13.2 Å². The molecule has 0 aromatic carbocycles. The van der Waals surface area contributed by atoms with Crippen molar-refractivity contribution in [3.05, 3.63) is 36.5 Å². The van der Waals surface area contributed by atoms with E-state index in [0.29, 0.717) is 17.4 Å². The van der Waals surface area contributed by atoms with Crippen LogP contribution >= 0.6 is 0 Å². The lowest BCUT2D eigenvalue weighted by Gasteiger charge is -2.25. The highest BCUT2D eigenvalue weighted by molar-refractivity contribution is 5.71. The summed E-state index contributed by atoms with van der Waals surface area (Å²) in [5, 5.41) is 9.75. The predicted molar refractivity (Wildman–Crippen MR) is 355 cm³/mol. The Morgan fingerprint density at radius 2 is 0.651 bits per heavy atom.